The molecule has 0 bridgehead atoms. The molecule has 0 saturated heterocycles. The van der Waals surface area contributed by atoms with Gasteiger partial charge >= 0.3 is 11.9 Å². The predicted octanol–water partition coefficient (Wildman–Crippen LogP) is 1.64. The van der Waals surface area contributed by atoms with E-state index in [9.17, 15) is 9.59 Å². The zero-order chi connectivity index (χ0) is 11.0. The predicted molar refractivity (Wildman–Crippen MR) is 58.7 cm³/mol. The average molecular weight is 332 g/mol. The molecule has 0 aliphatic rings. The molecular weight excluding hydrogens is 320 g/mol. The number of halogens is 2. The van der Waals surface area contributed by atoms with Gasteiger partial charge < -0.3 is 9.47 Å². The molecule has 14 heavy (non-hydrogen) atoms. The van der Waals surface area contributed by atoms with Crippen molar-refractivity contribution in [1.29, 1.82) is 0 Å². The molecule has 0 radical (unpaired) electrons. The fourth-order valence-electron chi connectivity index (χ4n) is 0.760. The van der Waals surface area contributed by atoms with E-state index in [1.54, 1.807) is 0 Å². The molecule has 82 valence electrons. The van der Waals surface area contributed by atoms with Crippen LogP contribution in [0.15, 0.2) is 0 Å². The maximum Gasteiger partial charge on any atom is 0.309 e. The summed E-state index contributed by atoms with van der Waals surface area (Å²) in [6, 6.07) is 0. The van der Waals surface area contributed by atoms with Crippen LogP contribution in [0, 0.1) is 0 Å². The molecule has 4 nitrogen and oxygen atoms in total. The highest BCUT2D eigenvalue weighted by Gasteiger charge is 2.16. The van der Waals surface area contributed by atoms with Crippen LogP contribution in [0.5, 0.6) is 0 Å². The summed E-state index contributed by atoms with van der Waals surface area (Å²) < 4.78 is 9.66. The first-order chi connectivity index (χ1) is 6.60. The highest BCUT2D eigenvalue weighted by Crippen LogP contribution is 2.05. The molecule has 0 aromatic rings. The SMILES string of the molecule is CC(=O)OC(CBr)CC(=O)OCCBr. The van der Waals surface area contributed by atoms with Crippen LogP contribution < -0.4 is 0 Å². The molecule has 0 amide bonds. The summed E-state index contributed by atoms with van der Waals surface area (Å²) in [5, 5.41) is 1.03. The van der Waals surface area contributed by atoms with Gasteiger partial charge in [0.2, 0.25) is 0 Å². The second-order valence-corrected chi connectivity index (χ2v) is 3.94. The van der Waals surface area contributed by atoms with Gasteiger partial charge in [0, 0.05) is 17.6 Å². The molecule has 0 aromatic carbocycles. The summed E-state index contributed by atoms with van der Waals surface area (Å²) >= 11 is 6.28. The lowest BCUT2D eigenvalue weighted by molar-refractivity contribution is -0.151. The highest BCUT2D eigenvalue weighted by atomic mass is 79.9. The van der Waals surface area contributed by atoms with E-state index in [4.69, 9.17) is 9.47 Å². The van der Waals surface area contributed by atoms with Gasteiger partial charge in [-0.2, -0.15) is 0 Å². The topological polar surface area (TPSA) is 52.6 Å². The van der Waals surface area contributed by atoms with Gasteiger partial charge in [-0.05, 0) is 0 Å². The number of hydrogen-bond donors (Lipinski definition) is 0. The van der Waals surface area contributed by atoms with Crippen LogP contribution in [0.4, 0.5) is 0 Å². The van der Waals surface area contributed by atoms with Gasteiger partial charge in [0.15, 0.2) is 0 Å². The number of carbonyl (C=O) groups excluding carboxylic acids is 2. The first-order valence-electron chi connectivity index (χ1n) is 4.05. The Morgan fingerprint density at radius 3 is 2.43 bits per heavy atom. The molecule has 0 aliphatic heterocycles. The Kier molecular flexibility index (Phi) is 8.17. The number of ether oxygens (including phenoxy) is 2. The van der Waals surface area contributed by atoms with E-state index in [2.05, 4.69) is 31.9 Å². The van der Waals surface area contributed by atoms with Crippen molar-refractivity contribution in [2.24, 2.45) is 0 Å². The summed E-state index contributed by atoms with van der Waals surface area (Å²) in [4.78, 5) is 21.7. The Hall–Kier alpha value is -0.100. The first-order valence-corrected chi connectivity index (χ1v) is 6.29. The number of alkyl halides is 2. The monoisotopic (exact) mass is 330 g/mol. The normalized spacial score (nSPS) is 11.9. The zero-order valence-corrected chi connectivity index (χ0v) is 11.0. The van der Waals surface area contributed by atoms with E-state index in [0.29, 0.717) is 17.3 Å². The van der Waals surface area contributed by atoms with Crippen molar-refractivity contribution < 1.29 is 19.1 Å². The Labute approximate surface area is 99.6 Å². The van der Waals surface area contributed by atoms with Crippen LogP contribution in [0.25, 0.3) is 0 Å². The van der Waals surface area contributed by atoms with Crippen molar-refractivity contribution in [3.05, 3.63) is 0 Å². The van der Waals surface area contributed by atoms with Crippen molar-refractivity contribution >= 4 is 43.8 Å². The number of esters is 2. The van der Waals surface area contributed by atoms with Crippen LogP contribution in [-0.2, 0) is 19.1 Å². The van der Waals surface area contributed by atoms with Gasteiger partial charge in [-0.15, -0.1) is 0 Å². The lowest BCUT2D eigenvalue weighted by Crippen LogP contribution is -2.23. The largest absolute Gasteiger partial charge is 0.465 e. The van der Waals surface area contributed by atoms with E-state index >= 15 is 0 Å². The molecule has 0 spiro atoms. The summed E-state index contributed by atoms with van der Waals surface area (Å²) in [7, 11) is 0. The molecule has 0 N–H and O–H groups in total. The maximum absolute atomic E-state index is 11.1. The van der Waals surface area contributed by atoms with Gasteiger partial charge in [-0.25, -0.2) is 0 Å². The number of rotatable bonds is 6. The third-order valence-corrected chi connectivity index (χ3v) is 2.29. The van der Waals surface area contributed by atoms with Crippen molar-refractivity contribution in [1.82, 2.24) is 0 Å². The molecule has 1 atom stereocenters. The summed E-state index contributed by atoms with van der Waals surface area (Å²) in [6.07, 6.45) is -0.368. The van der Waals surface area contributed by atoms with E-state index in [0.717, 1.165) is 0 Å². The Bertz CT molecular complexity index is 196. The molecule has 0 rings (SSSR count). The van der Waals surface area contributed by atoms with Gasteiger partial charge in [0.1, 0.15) is 12.7 Å². The van der Waals surface area contributed by atoms with Crippen LogP contribution >= 0.6 is 31.9 Å². The summed E-state index contributed by atoms with van der Waals surface area (Å²) in [5.74, 6) is -0.766. The van der Waals surface area contributed by atoms with Crippen molar-refractivity contribution in [3.8, 4) is 0 Å². The second-order valence-electron chi connectivity index (χ2n) is 2.50. The van der Waals surface area contributed by atoms with Gasteiger partial charge in [-0.1, -0.05) is 31.9 Å². The van der Waals surface area contributed by atoms with Crippen LogP contribution in [-0.4, -0.2) is 35.3 Å². The highest BCUT2D eigenvalue weighted by molar-refractivity contribution is 9.09. The molecule has 0 saturated carbocycles. The van der Waals surface area contributed by atoms with E-state index in [1.807, 2.05) is 0 Å². The zero-order valence-electron chi connectivity index (χ0n) is 7.79. The minimum atomic E-state index is -0.449. The molecule has 1 unspecified atom stereocenters. The third-order valence-electron chi connectivity index (χ3n) is 1.24. The smallest absolute Gasteiger partial charge is 0.309 e. The summed E-state index contributed by atoms with van der Waals surface area (Å²) in [6.45, 7) is 1.63. The number of carbonyl (C=O) groups is 2. The molecular formula is C8H12Br2O4. The van der Waals surface area contributed by atoms with Crippen molar-refractivity contribution in [2.45, 2.75) is 19.4 Å². The van der Waals surface area contributed by atoms with Crippen LogP contribution in [0.2, 0.25) is 0 Å². The number of hydrogen-bond acceptors (Lipinski definition) is 4. The fraction of sp³-hybridized carbons (Fsp3) is 0.750. The average Bonchev–Trinajstić information content (AvgIpc) is 2.12. The quantitative estimate of drug-likeness (QED) is 0.548. The van der Waals surface area contributed by atoms with Crippen LogP contribution in [0.1, 0.15) is 13.3 Å². The molecule has 0 aromatic heterocycles. The Balaban J connectivity index is 3.80. The van der Waals surface area contributed by atoms with E-state index < -0.39 is 12.1 Å². The summed E-state index contributed by atoms with van der Waals surface area (Å²) in [5.41, 5.74) is 0. The second kappa shape index (κ2) is 8.23. The lowest BCUT2D eigenvalue weighted by Gasteiger charge is -2.12. The van der Waals surface area contributed by atoms with Crippen molar-refractivity contribution in [2.75, 3.05) is 17.3 Å². The van der Waals surface area contributed by atoms with E-state index in [-0.39, 0.29) is 12.4 Å². The standard InChI is InChI=1S/C8H12Br2O4/c1-6(11)14-7(5-10)4-8(12)13-3-2-9/h7H,2-5H2,1H3. The third kappa shape index (κ3) is 7.32. The van der Waals surface area contributed by atoms with Crippen LogP contribution in [0.3, 0.4) is 0 Å². The van der Waals surface area contributed by atoms with Gasteiger partial charge in [0.25, 0.3) is 0 Å². The lowest BCUT2D eigenvalue weighted by atomic mass is 10.3. The van der Waals surface area contributed by atoms with Gasteiger partial charge in [0.05, 0.1) is 6.42 Å². The van der Waals surface area contributed by atoms with Crippen molar-refractivity contribution in [3.63, 3.8) is 0 Å². The first kappa shape index (κ1) is 13.9. The van der Waals surface area contributed by atoms with E-state index in [1.165, 1.54) is 6.92 Å². The molecule has 0 heterocycles. The minimum Gasteiger partial charge on any atom is -0.465 e. The molecule has 6 heteroatoms. The fourth-order valence-corrected chi connectivity index (χ4v) is 1.28. The molecule has 0 aliphatic carbocycles. The minimum absolute atomic E-state index is 0.0812. The maximum atomic E-state index is 11.1. The Morgan fingerprint density at radius 2 is 2.00 bits per heavy atom. The van der Waals surface area contributed by atoms with Gasteiger partial charge in [-0.3, -0.25) is 9.59 Å². The molecule has 0 fully saturated rings. The Morgan fingerprint density at radius 1 is 1.36 bits per heavy atom.